The van der Waals surface area contributed by atoms with Gasteiger partial charge in [-0.05, 0) is 35.4 Å². The molecule has 0 radical (unpaired) electrons. The number of carbonyl (C=O) groups is 2. The van der Waals surface area contributed by atoms with Gasteiger partial charge in [0.2, 0.25) is 11.1 Å². The number of likely N-dealkylation sites (N-methyl/N-ethyl adjacent to an activating group) is 1. The molecule has 1 amide bonds. The molecule has 0 fully saturated rings. The van der Waals surface area contributed by atoms with Crippen molar-refractivity contribution in [3.63, 3.8) is 0 Å². The van der Waals surface area contributed by atoms with Crippen LogP contribution in [-0.2, 0) is 9.59 Å². The molecular formula is C12H9ClN2O2. The standard InChI is InChI=1S/C12H9ClN2O2/c1-15-10-3-2-7(6-14)4-8(10)9(12(15)17)5-11(13)16/h2-4,9H,5H2,1H3. The zero-order valence-electron chi connectivity index (χ0n) is 9.11. The molecule has 1 atom stereocenters. The predicted molar refractivity (Wildman–Crippen MR) is 62.8 cm³/mol. The summed E-state index contributed by atoms with van der Waals surface area (Å²) in [5.41, 5.74) is 1.90. The molecule has 1 aliphatic rings. The third kappa shape index (κ3) is 1.90. The van der Waals surface area contributed by atoms with Gasteiger partial charge < -0.3 is 4.90 Å². The highest BCUT2D eigenvalue weighted by atomic mass is 35.5. The van der Waals surface area contributed by atoms with Gasteiger partial charge in [0.05, 0.1) is 17.6 Å². The summed E-state index contributed by atoms with van der Waals surface area (Å²) in [5.74, 6) is -0.725. The molecule has 1 aromatic carbocycles. The highest BCUT2D eigenvalue weighted by Gasteiger charge is 2.36. The van der Waals surface area contributed by atoms with Gasteiger partial charge in [-0.25, -0.2) is 0 Å². The van der Waals surface area contributed by atoms with Crippen molar-refractivity contribution in [2.24, 2.45) is 0 Å². The zero-order valence-corrected chi connectivity index (χ0v) is 9.86. The van der Waals surface area contributed by atoms with E-state index >= 15 is 0 Å². The topological polar surface area (TPSA) is 61.2 Å². The van der Waals surface area contributed by atoms with Crippen LogP contribution in [0.5, 0.6) is 0 Å². The Morgan fingerprint density at radius 2 is 2.29 bits per heavy atom. The number of anilines is 1. The van der Waals surface area contributed by atoms with E-state index in [0.717, 1.165) is 5.69 Å². The molecule has 4 nitrogen and oxygen atoms in total. The van der Waals surface area contributed by atoms with Gasteiger partial charge in [-0.15, -0.1) is 0 Å². The van der Waals surface area contributed by atoms with Gasteiger partial charge in [0, 0.05) is 19.2 Å². The quantitative estimate of drug-likeness (QED) is 0.750. The number of hydrogen-bond donors (Lipinski definition) is 0. The minimum atomic E-state index is -0.562. The summed E-state index contributed by atoms with van der Waals surface area (Å²) in [4.78, 5) is 24.4. The fourth-order valence-electron chi connectivity index (χ4n) is 2.05. The number of nitriles is 1. The molecule has 2 rings (SSSR count). The maximum absolute atomic E-state index is 11.9. The van der Waals surface area contributed by atoms with E-state index in [0.29, 0.717) is 11.1 Å². The van der Waals surface area contributed by atoms with Crippen LogP contribution in [-0.4, -0.2) is 18.2 Å². The Hall–Kier alpha value is -1.86. The minimum Gasteiger partial charge on any atom is -0.315 e. The number of rotatable bonds is 2. The first-order valence-electron chi connectivity index (χ1n) is 5.04. The lowest BCUT2D eigenvalue weighted by atomic mass is 9.96. The van der Waals surface area contributed by atoms with E-state index in [1.807, 2.05) is 6.07 Å². The summed E-state index contributed by atoms with van der Waals surface area (Å²) in [6, 6.07) is 7.01. The number of amides is 1. The van der Waals surface area contributed by atoms with Crippen molar-refractivity contribution < 1.29 is 9.59 Å². The van der Waals surface area contributed by atoms with Gasteiger partial charge >= 0.3 is 0 Å². The fourth-order valence-corrected chi connectivity index (χ4v) is 2.21. The molecule has 1 aliphatic heterocycles. The monoisotopic (exact) mass is 248 g/mol. The average molecular weight is 249 g/mol. The third-order valence-corrected chi connectivity index (χ3v) is 3.04. The van der Waals surface area contributed by atoms with Crippen molar-refractivity contribution in [1.29, 1.82) is 5.26 Å². The summed E-state index contributed by atoms with van der Waals surface area (Å²) in [6.07, 6.45) is -0.0351. The Bertz CT molecular complexity index is 548. The van der Waals surface area contributed by atoms with Crippen LogP contribution in [0.3, 0.4) is 0 Å². The lowest BCUT2D eigenvalue weighted by Gasteiger charge is -2.09. The Kier molecular flexibility index (Phi) is 2.86. The van der Waals surface area contributed by atoms with E-state index in [4.69, 9.17) is 16.9 Å². The number of hydrogen-bond acceptors (Lipinski definition) is 3. The molecule has 0 saturated heterocycles. The van der Waals surface area contributed by atoms with Gasteiger partial charge in [-0.3, -0.25) is 9.59 Å². The van der Waals surface area contributed by atoms with E-state index in [-0.39, 0.29) is 12.3 Å². The normalized spacial score (nSPS) is 17.8. The zero-order chi connectivity index (χ0) is 12.6. The van der Waals surface area contributed by atoms with E-state index in [1.165, 1.54) is 4.90 Å². The number of fused-ring (bicyclic) bond motifs is 1. The molecule has 86 valence electrons. The first-order chi connectivity index (χ1) is 8.04. The lowest BCUT2D eigenvalue weighted by molar-refractivity contribution is -0.121. The molecule has 0 N–H and O–H groups in total. The highest BCUT2D eigenvalue weighted by Crippen LogP contribution is 2.39. The SMILES string of the molecule is CN1C(=O)C(CC(=O)Cl)c2cc(C#N)ccc21. The van der Waals surface area contributed by atoms with Crippen LogP contribution in [0.25, 0.3) is 0 Å². The summed E-state index contributed by atoms with van der Waals surface area (Å²) in [5, 5.41) is 8.28. The largest absolute Gasteiger partial charge is 0.315 e. The number of halogens is 1. The third-order valence-electron chi connectivity index (χ3n) is 2.89. The van der Waals surface area contributed by atoms with Crippen molar-refractivity contribution >= 4 is 28.4 Å². The van der Waals surface area contributed by atoms with Crippen LogP contribution in [0.15, 0.2) is 18.2 Å². The summed E-state index contributed by atoms with van der Waals surface area (Å²) < 4.78 is 0. The van der Waals surface area contributed by atoms with Gasteiger partial charge in [0.1, 0.15) is 0 Å². The van der Waals surface area contributed by atoms with Crippen molar-refractivity contribution in [2.75, 3.05) is 11.9 Å². The Labute approximate surface area is 103 Å². The van der Waals surface area contributed by atoms with Gasteiger partial charge in [-0.1, -0.05) is 0 Å². The van der Waals surface area contributed by atoms with E-state index in [9.17, 15) is 9.59 Å². The molecule has 1 heterocycles. The van der Waals surface area contributed by atoms with Crippen molar-refractivity contribution in [3.05, 3.63) is 29.3 Å². The Morgan fingerprint density at radius 3 is 2.88 bits per heavy atom. The van der Waals surface area contributed by atoms with Crippen LogP contribution in [0.1, 0.15) is 23.5 Å². The molecule has 1 unspecified atom stereocenters. The Balaban J connectivity index is 2.50. The fraction of sp³-hybridized carbons (Fsp3) is 0.250. The molecular weight excluding hydrogens is 240 g/mol. The minimum absolute atomic E-state index is 0.0351. The van der Waals surface area contributed by atoms with Crippen LogP contribution in [0.4, 0.5) is 5.69 Å². The Morgan fingerprint density at radius 1 is 1.59 bits per heavy atom. The lowest BCUT2D eigenvalue weighted by Crippen LogP contribution is -2.24. The van der Waals surface area contributed by atoms with Crippen LogP contribution in [0.2, 0.25) is 0 Å². The molecule has 0 aromatic heterocycles. The molecule has 5 heteroatoms. The van der Waals surface area contributed by atoms with E-state index in [1.54, 1.807) is 25.2 Å². The van der Waals surface area contributed by atoms with Gasteiger partial charge in [-0.2, -0.15) is 5.26 Å². The predicted octanol–water partition coefficient (Wildman–Crippen LogP) is 1.77. The van der Waals surface area contributed by atoms with E-state index < -0.39 is 11.2 Å². The second kappa shape index (κ2) is 4.19. The molecule has 1 aromatic rings. The second-order valence-corrected chi connectivity index (χ2v) is 4.32. The van der Waals surface area contributed by atoms with E-state index in [2.05, 4.69) is 0 Å². The number of benzene rings is 1. The maximum Gasteiger partial charge on any atom is 0.234 e. The molecule has 0 aliphatic carbocycles. The summed E-state index contributed by atoms with van der Waals surface area (Å²) in [7, 11) is 1.64. The first-order valence-corrected chi connectivity index (χ1v) is 5.42. The first kappa shape index (κ1) is 11.6. The van der Waals surface area contributed by atoms with Gasteiger partial charge in [0.15, 0.2) is 0 Å². The molecule has 0 saturated carbocycles. The maximum atomic E-state index is 11.9. The molecule has 0 spiro atoms. The van der Waals surface area contributed by atoms with Crippen LogP contribution < -0.4 is 4.90 Å². The van der Waals surface area contributed by atoms with Crippen LogP contribution in [0, 0.1) is 11.3 Å². The van der Waals surface area contributed by atoms with Crippen LogP contribution >= 0.6 is 11.6 Å². The summed E-state index contributed by atoms with van der Waals surface area (Å²) >= 11 is 5.34. The number of nitrogens with zero attached hydrogens (tertiary/aromatic N) is 2. The second-order valence-electron chi connectivity index (χ2n) is 3.89. The highest BCUT2D eigenvalue weighted by molar-refractivity contribution is 6.63. The molecule has 17 heavy (non-hydrogen) atoms. The van der Waals surface area contributed by atoms with Gasteiger partial charge in [0.25, 0.3) is 0 Å². The van der Waals surface area contributed by atoms with Crippen molar-refractivity contribution in [2.45, 2.75) is 12.3 Å². The van der Waals surface area contributed by atoms with Crippen molar-refractivity contribution in [1.82, 2.24) is 0 Å². The number of carbonyl (C=O) groups excluding carboxylic acids is 2. The average Bonchev–Trinajstić information content (AvgIpc) is 2.53. The summed E-state index contributed by atoms with van der Waals surface area (Å²) in [6.45, 7) is 0. The smallest absolute Gasteiger partial charge is 0.234 e. The molecule has 0 bridgehead atoms. The van der Waals surface area contributed by atoms with Crippen molar-refractivity contribution in [3.8, 4) is 6.07 Å².